The fraction of sp³-hybridized carbons (Fsp3) is 0.229. The molecule has 0 spiro atoms. The highest BCUT2D eigenvalue weighted by Gasteiger charge is 2.25. The van der Waals surface area contributed by atoms with Crippen LogP contribution in [0.1, 0.15) is 27.0 Å². The topological polar surface area (TPSA) is 92.8 Å². The number of aliphatic hydroxyl groups excluding tert-OH is 1. The average molecular weight is 563 g/mol. The molecule has 3 N–H and O–H groups in total. The molecule has 7 nitrogen and oxygen atoms in total. The minimum absolute atomic E-state index is 0.190. The SMILES string of the molecule is COc1cccc(-c2cc3c(cc2C(=O)N[C@@H](CO)Cc2c[nH]c4ccccc24)-c2cc(OC)c(OC)cc2CC3)c1. The number of rotatable bonds is 9. The average Bonchev–Trinajstić information content (AvgIpc) is 3.45. The molecule has 7 heteroatoms. The predicted octanol–water partition coefficient (Wildman–Crippen LogP) is 5.96. The third-order valence-corrected chi connectivity index (χ3v) is 8.13. The Bertz CT molecular complexity index is 1770. The Kier molecular flexibility index (Phi) is 7.59. The van der Waals surface area contributed by atoms with Crippen LogP contribution in [0.2, 0.25) is 0 Å². The van der Waals surface area contributed by atoms with Crippen LogP contribution in [0, 0.1) is 0 Å². The molecule has 0 saturated heterocycles. The molecule has 1 aromatic heterocycles. The van der Waals surface area contributed by atoms with Gasteiger partial charge in [-0.3, -0.25) is 4.79 Å². The lowest BCUT2D eigenvalue weighted by molar-refractivity contribution is 0.0917. The zero-order valence-electron chi connectivity index (χ0n) is 24.0. The number of aliphatic hydroxyl groups is 1. The molecule has 1 aliphatic carbocycles. The van der Waals surface area contributed by atoms with E-state index in [4.69, 9.17) is 14.2 Å². The quantitative estimate of drug-likeness (QED) is 0.206. The number of fused-ring (bicyclic) bond motifs is 4. The van der Waals surface area contributed by atoms with E-state index in [0.29, 0.717) is 29.2 Å². The number of benzene rings is 4. The normalized spacial score (nSPS) is 12.8. The van der Waals surface area contributed by atoms with Crippen molar-refractivity contribution in [2.24, 2.45) is 0 Å². The number of aryl methyl sites for hydroxylation is 2. The molecule has 1 atom stereocenters. The van der Waals surface area contributed by atoms with E-state index in [1.54, 1.807) is 21.3 Å². The molecule has 214 valence electrons. The maximum atomic E-state index is 14.1. The molecular formula is C35H34N2O5. The Hall–Kier alpha value is -4.75. The Morgan fingerprint density at radius 2 is 1.60 bits per heavy atom. The number of aromatic nitrogens is 1. The Labute approximate surface area is 245 Å². The summed E-state index contributed by atoms with van der Waals surface area (Å²) in [5.41, 5.74) is 8.62. The van der Waals surface area contributed by atoms with Gasteiger partial charge in [0.05, 0.1) is 34.0 Å². The summed E-state index contributed by atoms with van der Waals surface area (Å²) in [7, 11) is 4.90. The van der Waals surface area contributed by atoms with Gasteiger partial charge in [0.25, 0.3) is 5.91 Å². The lowest BCUT2D eigenvalue weighted by Crippen LogP contribution is -2.39. The second kappa shape index (κ2) is 11.6. The number of amides is 1. The van der Waals surface area contributed by atoms with E-state index in [-0.39, 0.29) is 12.5 Å². The molecular weight excluding hydrogens is 528 g/mol. The molecule has 1 heterocycles. The molecule has 0 aliphatic heterocycles. The van der Waals surface area contributed by atoms with Gasteiger partial charge in [0.1, 0.15) is 5.75 Å². The van der Waals surface area contributed by atoms with Gasteiger partial charge < -0.3 is 29.6 Å². The van der Waals surface area contributed by atoms with Crippen molar-refractivity contribution < 1.29 is 24.1 Å². The Morgan fingerprint density at radius 1 is 0.857 bits per heavy atom. The molecule has 0 unspecified atom stereocenters. The maximum Gasteiger partial charge on any atom is 0.252 e. The number of carbonyl (C=O) groups is 1. The molecule has 0 fully saturated rings. The predicted molar refractivity (Wildman–Crippen MR) is 165 cm³/mol. The molecule has 0 saturated carbocycles. The summed E-state index contributed by atoms with van der Waals surface area (Å²) in [6.45, 7) is -0.190. The van der Waals surface area contributed by atoms with Crippen molar-refractivity contribution in [1.82, 2.24) is 10.3 Å². The number of methoxy groups -OCH3 is 3. The van der Waals surface area contributed by atoms with Crippen LogP contribution in [-0.4, -0.2) is 50.0 Å². The van der Waals surface area contributed by atoms with E-state index in [2.05, 4.69) is 16.4 Å². The molecule has 6 rings (SSSR count). The van der Waals surface area contributed by atoms with Crippen molar-refractivity contribution in [1.29, 1.82) is 0 Å². The summed E-state index contributed by atoms with van der Waals surface area (Å²) in [6.07, 6.45) is 4.11. The zero-order valence-corrected chi connectivity index (χ0v) is 24.0. The van der Waals surface area contributed by atoms with Gasteiger partial charge in [-0.25, -0.2) is 0 Å². The standard InChI is InChI=1S/C35H34N2O5/c1-40-26-8-6-7-21(14-26)28-15-22-11-12-23-16-33(41-2)34(42-3)18-30(23)29(22)17-31(28)35(39)37-25(20-38)13-24-19-36-32-10-5-4-9-27(24)32/h4-10,14-19,25,36,38H,11-13,20H2,1-3H3,(H,37,39)/t25-/m1/s1. The number of para-hydroxylation sites is 1. The first-order valence-corrected chi connectivity index (χ1v) is 14.1. The fourth-order valence-electron chi connectivity index (χ4n) is 5.96. The zero-order chi connectivity index (χ0) is 29.2. The van der Waals surface area contributed by atoms with Crippen molar-refractivity contribution in [2.45, 2.75) is 25.3 Å². The fourth-order valence-corrected chi connectivity index (χ4v) is 5.96. The number of ether oxygens (including phenoxy) is 3. The molecule has 0 radical (unpaired) electrons. The highest BCUT2D eigenvalue weighted by Crippen LogP contribution is 2.43. The molecule has 1 amide bonds. The van der Waals surface area contributed by atoms with Crippen LogP contribution in [0.4, 0.5) is 0 Å². The highest BCUT2D eigenvalue weighted by atomic mass is 16.5. The number of H-pyrrole nitrogens is 1. The molecule has 42 heavy (non-hydrogen) atoms. The number of nitrogens with one attached hydrogen (secondary N) is 2. The van der Waals surface area contributed by atoms with E-state index in [0.717, 1.165) is 62.7 Å². The lowest BCUT2D eigenvalue weighted by atomic mass is 9.82. The Morgan fingerprint density at radius 3 is 2.36 bits per heavy atom. The van der Waals surface area contributed by atoms with Crippen LogP contribution in [0.3, 0.4) is 0 Å². The van der Waals surface area contributed by atoms with Crippen LogP contribution < -0.4 is 19.5 Å². The van der Waals surface area contributed by atoms with Crippen LogP contribution in [0.15, 0.2) is 79.0 Å². The second-order valence-electron chi connectivity index (χ2n) is 10.6. The molecule has 4 aromatic carbocycles. The van der Waals surface area contributed by atoms with Crippen LogP contribution in [0.5, 0.6) is 17.2 Å². The molecule has 5 aromatic rings. The van der Waals surface area contributed by atoms with Gasteiger partial charge >= 0.3 is 0 Å². The molecule has 0 bridgehead atoms. The molecule has 1 aliphatic rings. The van der Waals surface area contributed by atoms with Gasteiger partial charge in [0.15, 0.2) is 11.5 Å². The van der Waals surface area contributed by atoms with Gasteiger partial charge in [0.2, 0.25) is 0 Å². The monoisotopic (exact) mass is 562 g/mol. The first-order chi connectivity index (χ1) is 20.5. The van der Waals surface area contributed by atoms with Crippen molar-refractivity contribution in [2.75, 3.05) is 27.9 Å². The summed E-state index contributed by atoms with van der Waals surface area (Å²) in [6, 6.07) is 23.4. The van der Waals surface area contributed by atoms with Crippen LogP contribution >= 0.6 is 0 Å². The first kappa shape index (κ1) is 27.4. The van der Waals surface area contributed by atoms with E-state index >= 15 is 0 Å². The van der Waals surface area contributed by atoms with Crippen molar-refractivity contribution in [3.05, 3.63) is 101 Å². The lowest BCUT2D eigenvalue weighted by Gasteiger charge is -2.25. The van der Waals surface area contributed by atoms with E-state index in [1.165, 1.54) is 0 Å². The van der Waals surface area contributed by atoms with Crippen LogP contribution in [-0.2, 0) is 19.3 Å². The van der Waals surface area contributed by atoms with Gasteiger partial charge in [-0.05, 0) is 101 Å². The first-order valence-electron chi connectivity index (χ1n) is 14.1. The van der Waals surface area contributed by atoms with Crippen LogP contribution in [0.25, 0.3) is 33.2 Å². The minimum atomic E-state index is -0.470. The van der Waals surface area contributed by atoms with Crippen molar-refractivity contribution >= 4 is 16.8 Å². The van der Waals surface area contributed by atoms with E-state index in [1.807, 2.05) is 72.9 Å². The largest absolute Gasteiger partial charge is 0.497 e. The van der Waals surface area contributed by atoms with Gasteiger partial charge in [-0.15, -0.1) is 0 Å². The highest BCUT2D eigenvalue weighted by molar-refractivity contribution is 6.03. The maximum absolute atomic E-state index is 14.1. The summed E-state index contributed by atoms with van der Waals surface area (Å²) < 4.78 is 16.7. The van der Waals surface area contributed by atoms with Gasteiger partial charge in [0, 0.05) is 22.7 Å². The smallest absolute Gasteiger partial charge is 0.252 e. The minimum Gasteiger partial charge on any atom is -0.497 e. The Balaban J connectivity index is 1.42. The summed E-state index contributed by atoms with van der Waals surface area (Å²) in [4.78, 5) is 17.3. The summed E-state index contributed by atoms with van der Waals surface area (Å²) >= 11 is 0. The van der Waals surface area contributed by atoms with Crippen molar-refractivity contribution in [3.63, 3.8) is 0 Å². The van der Waals surface area contributed by atoms with Gasteiger partial charge in [-0.1, -0.05) is 30.3 Å². The third kappa shape index (κ3) is 5.08. The third-order valence-electron chi connectivity index (χ3n) is 8.13. The van der Waals surface area contributed by atoms with E-state index in [9.17, 15) is 9.90 Å². The second-order valence-corrected chi connectivity index (χ2v) is 10.6. The summed E-state index contributed by atoms with van der Waals surface area (Å²) in [5, 5.41) is 14.5. The summed E-state index contributed by atoms with van der Waals surface area (Å²) in [5.74, 6) is 1.80. The number of hydrogen-bond acceptors (Lipinski definition) is 5. The number of carbonyl (C=O) groups excluding carboxylic acids is 1. The number of aromatic amines is 1. The van der Waals surface area contributed by atoms with Gasteiger partial charge in [-0.2, -0.15) is 0 Å². The van der Waals surface area contributed by atoms with Crippen molar-refractivity contribution in [3.8, 4) is 39.5 Å². The number of hydrogen-bond donors (Lipinski definition) is 3. The van der Waals surface area contributed by atoms with E-state index < -0.39 is 6.04 Å².